The van der Waals surface area contributed by atoms with Gasteiger partial charge >= 0.3 is 5.97 Å². The van der Waals surface area contributed by atoms with Gasteiger partial charge in [0.25, 0.3) is 5.91 Å². The van der Waals surface area contributed by atoms with Crippen molar-refractivity contribution < 1.29 is 19.1 Å². The number of anilines is 1. The zero-order valence-electron chi connectivity index (χ0n) is 15.3. The van der Waals surface area contributed by atoms with Gasteiger partial charge in [0.1, 0.15) is 10.8 Å². The predicted octanol–water partition coefficient (Wildman–Crippen LogP) is 4.13. The number of carbonyl (C=O) groups is 2. The number of rotatable bonds is 5. The second-order valence-corrected chi connectivity index (χ2v) is 7.57. The Balaban J connectivity index is 1.77. The van der Waals surface area contributed by atoms with Crippen molar-refractivity contribution in [3.8, 4) is 5.75 Å². The molecule has 1 N–H and O–H groups in total. The van der Waals surface area contributed by atoms with E-state index in [1.807, 2.05) is 31.2 Å². The number of nitrogens with one attached hydrogen (secondary N) is 1. The van der Waals surface area contributed by atoms with Crippen LogP contribution < -0.4 is 10.1 Å². The van der Waals surface area contributed by atoms with E-state index in [-0.39, 0.29) is 5.91 Å². The Bertz CT molecular complexity index is 810. The number of ether oxygens (including phenoxy) is 2. The summed E-state index contributed by atoms with van der Waals surface area (Å²) in [5, 5.41) is 3.43. The highest BCUT2D eigenvalue weighted by molar-refractivity contribution is 7.17. The fourth-order valence-corrected chi connectivity index (χ4v) is 4.34. The predicted molar refractivity (Wildman–Crippen MR) is 102 cm³/mol. The smallest absolute Gasteiger partial charge is 0.341 e. The molecule has 0 aliphatic heterocycles. The second kappa shape index (κ2) is 7.91. The van der Waals surface area contributed by atoms with Crippen LogP contribution in [0.3, 0.4) is 0 Å². The minimum absolute atomic E-state index is 0.283. The topological polar surface area (TPSA) is 64.6 Å². The summed E-state index contributed by atoms with van der Waals surface area (Å²) >= 11 is 1.47. The maximum Gasteiger partial charge on any atom is 0.341 e. The van der Waals surface area contributed by atoms with Crippen LogP contribution in [-0.4, -0.2) is 25.1 Å². The van der Waals surface area contributed by atoms with Crippen molar-refractivity contribution in [3.05, 3.63) is 45.8 Å². The van der Waals surface area contributed by atoms with Crippen LogP contribution in [0, 0.1) is 6.92 Å². The van der Waals surface area contributed by atoms with Crippen molar-refractivity contribution in [1.29, 1.82) is 0 Å². The molecule has 1 aliphatic rings. The summed E-state index contributed by atoms with van der Waals surface area (Å²) in [4.78, 5) is 26.0. The largest absolute Gasteiger partial charge is 0.481 e. The third kappa shape index (κ3) is 3.90. The van der Waals surface area contributed by atoms with Crippen LogP contribution in [0.15, 0.2) is 24.3 Å². The molecule has 0 fully saturated rings. The fraction of sp³-hybridized carbons (Fsp3) is 0.400. The maximum atomic E-state index is 12.6. The summed E-state index contributed by atoms with van der Waals surface area (Å²) in [6.45, 7) is 3.69. The molecule has 1 amide bonds. The number of methoxy groups -OCH3 is 1. The lowest BCUT2D eigenvalue weighted by Gasteiger charge is -2.15. The average Bonchev–Trinajstić information content (AvgIpc) is 3.00. The first-order chi connectivity index (χ1) is 12.5. The lowest BCUT2D eigenvalue weighted by Crippen LogP contribution is -2.30. The molecule has 0 bridgehead atoms. The minimum atomic E-state index is -0.678. The molecule has 6 heteroatoms. The molecule has 1 atom stereocenters. The molecule has 0 spiro atoms. The van der Waals surface area contributed by atoms with E-state index in [2.05, 4.69) is 5.32 Å². The first-order valence-electron chi connectivity index (χ1n) is 8.76. The van der Waals surface area contributed by atoms with Gasteiger partial charge in [-0.3, -0.25) is 4.79 Å². The molecule has 5 nitrogen and oxygen atoms in total. The molecule has 3 rings (SSSR count). The van der Waals surface area contributed by atoms with Gasteiger partial charge in [-0.15, -0.1) is 11.3 Å². The number of aryl methyl sites for hydroxylation is 2. The van der Waals surface area contributed by atoms with Gasteiger partial charge in [0.05, 0.1) is 12.7 Å². The summed E-state index contributed by atoms with van der Waals surface area (Å²) < 4.78 is 10.6. The highest BCUT2D eigenvalue weighted by Gasteiger charge is 2.28. The lowest BCUT2D eigenvalue weighted by atomic mass is 9.95. The molecule has 1 aromatic heterocycles. The molecular formula is C20H23NO4S. The molecule has 1 aromatic carbocycles. The summed E-state index contributed by atoms with van der Waals surface area (Å²) in [7, 11) is 1.37. The Labute approximate surface area is 157 Å². The van der Waals surface area contributed by atoms with Crippen LogP contribution >= 0.6 is 11.3 Å². The molecule has 26 heavy (non-hydrogen) atoms. The Hall–Kier alpha value is -2.34. The number of fused-ring (bicyclic) bond motifs is 1. The van der Waals surface area contributed by atoms with E-state index in [9.17, 15) is 9.59 Å². The van der Waals surface area contributed by atoms with E-state index in [0.29, 0.717) is 16.3 Å². The normalized spacial score (nSPS) is 14.3. The first-order valence-corrected chi connectivity index (χ1v) is 9.58. The van der Waals surface area contributed by atoms with E-state index < -0.39 is 12.1 Å². The lowest BCUT2D eigenvalue weighted by molar-refractivity contribution is -0.122. The third-order valence-electron chi connectivity index (χ3n) is 4.50. The number of benzene rings is 1. The maximum absolute atomic E-state index is 12.6. The molecule has 0 unspecified atom stereocenters. The van der Waals surface area contributed by atoms with Gasteiger partial charge < -0.3 is 14.8 Å². The highest BCUT2D eigenvalue weighted by atomic mass is 32.1. The molecular weight excluding hydrogens is 350 g/mol. The van der Waals surface area contributed by atoms with E-state index in [1.165, 1.54) is 23.3 Å². The SMILES string of the molecule is COC(=O)c1c(NC(=O)[C@@H](C)Oc2ccc(C)cc2)sc2c1CCCC2. The monoisotopic (exact) mass is 373 g/mol. The highest BCUT2D eigenvalue weighted by Crippen LogP contribution is 2.38. The van der Waals surface area contributed by atoms with Crippen molar-refractivity contribution >= 4 is 28.2 Å². The number of amides is 1. The zero-order valence-corrected chi connectivity index (χ0v) is 16.1. The van der Waals surface area contributed by atoms with Crippen molar-refractivity contribution in [3.63, 3.8) is 0 Å². The van der Waals surface area contributed by atoms with Crippen LogP contribution in [0.5, 0.6) is 5.75 Å². The Morgan fingerprint density at radius 3 is 2.54 bits per heavy atom. The van der Waals surface area contributed by atoms with Crippen LogP contribution in [0.1, 0.15) is 46.1 Å². The van der Waals surface area contributed by atoms with Crippen LogP contribution in [-0.2, 0) is 22.4 Å². The van der Waals surface area contributed by atoms with Crippen LogP contribution in [0.25, 0.3) is 0 Å². The number of hydrogen-bond donors (Lipinski definition) is 1. The fourth-order valence-electron chi connectivity index (χ4n) is 3.06. The summed E-state index contributed by atoms with van der Waals surface area (Å²) in [6.07, 6.45) is 3.27. The molecule has 0 saturated heterocycles. The van der Waals surface area contributed by atoms with Crippen LogP contribution in [0.2, 0.25) is 0 Å². The van der Waals surface area contributed by atoms with Gasteiger partial charge in [-0.2, -0.15) is 0 Å². The molecule has 1 aliphatic carbocycles. The van der Waals surface area contributed by atoms with Gasteiger partial charge in [-0.25, -0.2) is 4.79 Å². The zero-order chi connectivity index (χ0) is 18.7. The molecule has 2 aromatic rings. The molecule has 0 saturated carbocycles. The van der Waals surface area contributed by atoms with Crippen molar-refractivity contribution in [2.24, 2.45) is 0 Å². The molecule has 138 valence electrons. The summed E-state index contributed by atoms with van der Waals surface area (Å²) in [5.74, 6) is -0.0435. The van der Waals surface area contributed by atoms with Crippen molar-refractivity contribution in [2.45, 2.75) is 45.6 Å². The summed E-state index contributed by atoms with van der Waals surface area (Å²) in [6, 6.07) is 7.54. The van der Waals surface area contributed by atoms with Gasteiger partial charge in [-0.05, 0) is 57.2 Å². The Morgan fingerprint density at radius 1 is 1.15 bits per heavy atom. The number of thiophene rings is 1. The second-order valence-electron chi connectivity index (χ2n) is 6.47. The van der Waals surface area contributed by atoms with E-state index in [0.717, 1.165) is 36.8 Å². The van der Waals surface area contributed by atoms with Crippen molar-refractivity contribution in [2.75, 3.05) is 12.4 Å². The quantitative estimate of drug-likeness (QED) is 0.801. The standard InChI is InChI=1S/C20H23NO4S/c1-12-8-10-14(11-9-12)25-13(2)18(22)21-19-17(20(23)24-3)15-6-4-5-7-16(15)26-19/h8-11,13H,4-7H2,1-3H3,(H,21,22)/t13-/m1/s1. The Kier molecular flexibility index (Phi) is 5.61. The van der Waals surface area contributed by atoms with E-state index in [1.54, 1.807) is 6.92 Å². The van der Waals surface area contributed by atoms with Gasteiger partial charge in [-0.1, -0.05) is 17.7 Å². The van der Waals surface area contributed by atoms with Gasteiger partial charge in [0, 0.05) is 4.88 Å². The average molecular weight is 373 g/mol. The number of hydrogen-bond acceptors (Lipinski definition) is 5. The minimum Gasteiger partial charge on any atom is -0.481 e. The first kappa shape index (κ1) is 18.5. The number of carbonyl (C=O) groups excluding carboxylic acids is 2. The van der Waals surface area contributed by atoms with Crippen LogP contribution in [0.4, 0.5) is 5.00 Å². The van der Waals surface area contributed by atoms with Gasteiger partial charge in [0.15, 0.2) is 6.10 Å². The number of esters is 1. The van der Waals surface area contributed by atoms with E-state index >= 15 is 0 Å². The third-order valence-corrected chi connectivity index (χ3v) is 5.71. The van der Waals surface area contributed by atoms with E-state index in [4.69, 9.17) is 9.47 Å². The molecule has 0 radical (unpaired) electrons. The van der Waals surface area contributed by atoms with Gasteiger partial charge in [0.2, 0.25) is 0 Å². The Morgan fingerprint density at radius 2 is 1.85 bits per heavy atom. The van der Waals surface area contributed by atoms with Crippen molar-refractivity contribution in [1.82, 2.24) is 0 Å². The molecule has 1 heterocycles. The summed E-state index contributed by atoms with van der Waals surface area (Å²) in [5.41, 5.74) is 2.65.